The highest BCUT2D eigenvalue weighted by molar-refractivity contribution is 7.99. The zero-order chi connectivity index (χ0) is 17.9. The number of rotatable bonds is 6. The quantitative estimate of drug-likeness (QED) is 0.596. The molecule has 3 aromatic rings. The molecule has 1 atom stereocenters. The number of amides is 1. The van der Waals surface area contributed by atoms with Crippen LogP contribution in [0.3, 0.4) is 0 Å². The summed E-state index contributed by atoms with van der Waals surface area (Å²) in [4.78, 5) is 16.1. The maximum atomic E-state index is 12.8. The average molecular weight is 389 g/mol. The van der Waals surface area contributed by atoms with Crippen molar-refractivity contribution < 1.29 is 9.21 Å². The van der Waals surface area contributed by atoms with E-state index in [1.165, 1.54) is 16.6 Å². The highest BCUT2D eigenvalue weighted by Gasteiger charge is 2.30. The first-order valence-corrected chi connectivity index (χ1v) is 10.6. The summed E-state index contributed by atoms with van der Waals surface area (Å²) in [6.45, 7) is 3.59. The standard InChI is InChI=1S/C18H20N4O2S2/c1-2-21-17(14-7-4-10-24-14)19-20-18(21)26-12-16(23)22-9-3-6-13(22)15-8-5-11-25-15/h4-5,7-8,10-11,13H,2-3,6,9,12H2,1H3. The number of hydrogen-bond acceptors (Lipinski definition) is 6. The van der Waals surface area contributed by atoms with Crippen LogP contribution in [-0.2, 0) is 11.3 Å². The molecule has 1 unspecified atom stereocenters. The Morgan fingerprint density at radius 2 is 2.31 bits per heavy atom. The molecule has 8 heteroatoms. The predicted molar refractivity (Wildman–Crippen MR) is 102 cm³/mol. The van der Waals surface area contributed by atoms with Crippen molar-refractivity contribution in [3.05, 3.63) is 40.8 Å². The average Bonchev–Trinajstić information content (AvgIpc) is 3.45. The maximum Gasteiger partial charge on any atom is 0.233 e. The van der Waals surface area contributed by atoms with E-state index in [-0.39, 0.29) is 11.9 Å². The molecule has 0 N–H and O–H groups in total. The maximum absolute atomic E-state index is 12.8. The summed E-state index contributed by atoms with van der Waals surface area (Å²) in [6, 6.07) is 8.10. The van der Waals surface area contributed by atoms with Crippen LogP contribution in [0.2, 0.25) is 0 Å². The topological polar surface area (TPSA) is 64.2 Å². The second-order valence-electron chi connectivity index (χ2n) is 6.08. The lowest BCUT2D eigenvalue weighted by molar-refractivity contribution is -0.129. The van der Waals surface area contributed by atoms with Crippen LogP contribution in [0.1, 0.15) is 30.7 Å². The van der Waals surface area contributed by atoms with Crippen molar-refractivity contribution in [2.45, 2.75) is 37.5 Å². The van der Waals surface area contributed by atoms with Crippen molar-refractivity contribution in [1.29, 1.82) is 0 Å². The zero-order valence-electron chi connectivity index (χ0n) is 14.5. The van der Waals surface area contributed by atoms with Crippen molar-refractivity contribution in [3.63, 3.8) is 0 Å². The van der Waals surface area contributed by atoms with Crippen LogP contribution in [0.25, 0.3) is 11.6 Å². The second-order valence-corrected chi connectivity index (χ2v) is 8.00. The summed E-state index contributed by atoms with van der Waals surface area (Å²) in [5.41, 5.74) is 0. The van der Waals surface area contributed by atoms with Crippen molar-refractivity contribution in [1.82, 2.24) is 19.7 Å². The van der Waals surface area contributed by atoms with Gasteiger partial charge in [-0.05, 0) is 43.3 Å². The molecule has 1 amide bonds. The monoisotopic (exact) mass is 388 g/mol. The van der Waals surface area contributed by atoms with Crippen molar-refractivity contribution >= 4 is 29.0 Å². The molecule has 26 heavy (non-hydrogen) atoms. The van der Waals surface area contributed by atoms with Crippen molar-refractivity contribution in [2.75, 3.05) is 12.3 Å². The predicted octanol–water partition coefficient (Wildman–Crippen LogP) is 4.08. The van der Waals surface area contributed by atoms with E-state index in [2.05, 4.69) is 27.7 Å². The van der Waals surface area contributed by atoms with Crippen LogP contribution in [0, 0.1) is 0 Å². The highest BCUT2D eigenvalue weighted by Crippen LogP contribution is 2.35. The Kier molecular flexibility index (Phi) is 5.12. The lowest BCUT2D eigenvalue weighted by atomic mass is 10.2. The Bertz CT molecular complexity index is 858. The van der Waals surface area contributed by atoms with Gasteiger partial charge in [0, 0.05) is 18.0 Å². The molecule has 6 nitrogen and oxygen atoms in total. The Morgan fingerprint density at radius 1 is 1.38 bits per heavy atom. The van der Waals surface area contributed by atoms with E-state index in [4.69, 9.17) is 4.42 Å². The number of thiophene rings is 1. The van der Waals surface area contributed by atoms with Crippen LogP contribution in [0.15, 0.2) is 45.5 Å². The van der Waals surface area contributed by atoms with E-state index < -0.39 is 0 Å². The Balaban J connectivity index is 1.45. The fourth-order valence-electron chi connectivity index (χ4n) is 3.32. The van der Waals surface area contributed by atoms with Crippen molar-refractivity contribution in [2.24, 2.45) is 0 Å². The molecule has 0 aliphatic carbocycles. The number of likely N-dealkylation sites (tertiary alicyclic amines) is 1. The van der Waals surface area contributed by atoms with Gasteiger partial charge in [-0.1, -0.05) is 17.8 Å². The number of nitrogens with zero attached hydrogens (tertiary/aromatic N) is 4. The molecule has 0 saturated carbocycles. The van der Waals surface area contributed by atoms with Gasteiger partial charge in [-0.25, -0.2) is 0 Å². The van der Waals surface area contributed by atoms with E-state index in [0.717, 1.165) is 31.1 Å². The molecular weight excluding hydrogens is 368 g/mol. The second kappa shape index (κ2) is 7.67. The smallest absolute Gasteiger partial charge is 0.233 e. The van der Waals surface area contributed by atoms with Crippen LogP contribution in [0.5, 0.6) is 0 Å². The largest absolute Gasteiger partial charge is 0.461 e. The summed E-state index contributed by atoms with van der Waals surface area (Å²) in [7, 11) is 0. The zero-order valence-corrected chi connectivity index (χ0v) is 16.1. The van der Waals surface area contributed by atoms with Gasteiger partial charge in [0.05, 0.1) is 18.1 Å². The third-order valence-corrected chi connectivity index (χ3v) is 6.47. The first kappa shape index (κ1) is 17.4. The number of carbonyl (C=O) groups excluding carboxylic acids is 1. The molecule has 1 saturated heterocycles. The third-order valence-electron chi connectivity index (χ3n) is 4.54. The van der Waals surface area contributed by atoms with Crippen LogP contribution in [0.4, 0.5) is 0 Å². The minimum absolute atomic E-state index is 0.163. The lowest BCUT2D eigenvalue weighted by Gasteiger charge is -2.23. The van der Waals surface area contributed by atoms with E-state index in [1.54, 1.807) is 17.6 Å². The van der Waals surface area contributed by atoms with Crippen molar-refractivity contribution in [3.8, 4) is 11.6 Å². The molecular formula is C18H20N4O2S2. The van der Waals surface area contributed by atoms with E-state index >= 15 is 0 Å². The van der Waals surface area contributed by atoms with Gasteiger partial charge >= 0.3 is 0 Å². The van der Waals surface area contributed by atoms with Gasteiger partial charge in [0.1, 0.15) is 0 Å². The number of aromatic nitrogens is 3. The van der Waals surface area contributed by atoms with Gasteiger partial charge in [0.25, 0.3) is 0 Å². The van der Waals surface area contributed by atoms with Gasteiger partial charge in [0.2, 0.25) is 5.91 Å². The first-order valence-electron chi connectivity index (χ1n) is 8.70. The highest BCUT2D eigenvalue weighted by atomic mass is 32.2. The number of hydrogen-bond donors (Lipinski definition) is 0. The number of carbonyl (C=O) groups is 1. The number of thioether (sulfide) groups is 1. The molecule has 1 aliphatic rings. The molecule has 4 rings (SSSR count). The molecule has 3 aromatic heterocycles. The lowest BCUT2D eigenvalue weighted by Crippen LogP contribution is -2.31. The fraction of sp³-hybridized carbons (Fsp3) is 0.389. The molecule has 0 aromatic carbocycles. The van der Waals surface area contributed by atoms with Crippen LogP contribution >= 0.6 is 23.1 Å². The molecule has 4 heterocycles. The molecule has 0 radical (unpaired) electrons. The summed E-state index contributed by atoms with van der Waals surface area (Å²) in [6.07, 6.45) is 3.73. The number of furan rings is 1. The minimum Gasteiger partial charge on any atom is -0.461 e. The Labute approximate surface area is 160 Å². The first-order chi connectivity index (χ1) is 12.8. The summed E-state index contributed by atoms with van der Waals surface area (Å²) in [5, 5.41) is 11.3. The SMILES string of the molecule is CCn1c(SCC(=O)N2CCCC2c2cccs2)nnc1-c1ccco1. The van der Waals surface area contributed by atoms with Crippen LogP contribution < -0.4 is 0 Å². The van der Waals surface area contributed by atoms with Gasteiger partial charge < -0.3 is 9.32 Å². The summed E-state index contributed by atoms with van der Waals surface area (Å²) < 4.78 is 7.41. The van der Waals surface area contributed by atoms with Gasteiger partial charge in [-0.2, -0.15) is 0 Å². The molecule has 0 spiro atoms. The fourth-order valence-corrected chi connectivity index (χ4v) is 5.08. The molecule has 1 aliphatic heterocycles. The van der Waals surface area contributed by atoms with Gasteiger partial charge in [-0.3, -0.25) is 9.36 Å². The molecule has 0 bridgehead atoms. The van der Waals surface area contributed by atoms with Crippen LogP contribution in [-0.4, -0.2) is 37.9 Å². The Hall–Kier alpha value is -2.06. The van der Waals surface area contributed by atoms with E-state index in [0.29, 0.717) is 17.3 Å². The summed E-state index contributed by atoms with van der Waals surface area (Å²) in [5.74, 6) is 1.93. The Morgan fingerprint density at radius 3 is 3.04 bits per heavy atom. The summed E-state index contributed by atoms with van der Waals surface area (Å²) >= 11 is 3.17. The normalized spacial score (nSPS) is 17.1. The molecule has 136 valence electrons. The van der Waals surface area contributed by atoms with E-state index in [9.17, 15) is 4.79 Å². The minimum atomic E-state index is 0.163. The van der Waals surface area contributed by atoms with Gasteiger partial charge in [-0.15, -0.1) is 21.5 Å². The van der Waals surface area contributed by atoms with Gasteiger partial charge in [0.15, 0.2) is 16.7 Å². The third kappa shape index (κ3) is 3.31. The van der Waals surface area contributed by atoms with E-state index in [1.807, 2.05) is 28.5 Å². The molecule has 1 fully saturated rings.